The van der Waals surface area contributed by atoms with E-state index in [1.165, 1.54) is 14.2 Å². The van der Waals surface area contributed by atoms with Crippen LogP contribution in [0, 0.1) is 0 Å². The number of hydrogen-bond donors (Lipinski definition) is 1. The maximum Gasteiger partial charge on any atom is 0.340 e. The minimum Gasteiger partial charge on any atom is -0.497 e. The van der Waals surface area contributed by atoms with Crippen LogP contribution < -0.4 is 10.3 Å². The summed E-state index contributed by atoms with van der Waals surface area (Å²) in [5.74, 6) is 0.0689. The Labute approximate surface area is 152 Å². The molecule has 0 bridgehead atoms. The fraction of sp³-hybridized carbons (Fsp3) is 0.158. The molecule has 0 radical (unpaired) electrons. The van der Waals surface area contributed by atoms with Crippen LogP contribution in [0.2, 0.25) is 0 Å². The number of aromatic nitrogens is 1. The van der Waals surface area contributed by atoms with Gasteiger partial charge < -0.3 is 14.5 Å². The average molecular weight is 402 g/mol. The first-order chi connectivity index (χ1) is 12.0. The van der Waals surface area contributed by atoms with E-state index >= 15 is 0 Å². The van der Waals surface area contributed by atoms with Crippen LogP contribution in [-0.2, 0) is 11.2 Å². The quantitative estimate of drug-likeness (QED) is 0.677. The molecule has 5 nitrogen and oxygen atoms in total. The van der Waals surface area contributed by atoms with Crippen molar-refractivity contribution in [1.82, 2.24) is 4.98 Å². The Bertz CT molecular complexity index is 993. The molecule has 1 heterocycles. The number of rotatable bonds is 4. The lowest BCUT2D eigenvalue weighted by Gasteiger charge is -2.12. The van der Waals surface area contributed by atoms with Crippen LogP contribution in [-0.4, -0.2) is 25.2 Å². The molecule has 0 fully saturated rings. The third-order valence-electron chi connectivity index (χ3n) is 3.99. The van der Waals surface area contributed by atoms with Gasteiger partial charge in [0.1, 0.15) is 5.75 Å². The zero-order chi connectivity index (χ0) is 18.0. The van der Waals surface area contributed by atoms with E-state index < -0.39 is 5.97 Å². The molecule has 0 saturated carbocycles. The molecular formula is C19H16BrNO4. The van der Waals surface area contributed by atoms with Crippen molar-refractivity contribution in [1.29, 1.82) is 0 Å². The van der Waals surface area contributed by atoms with Crippen LogP contribution in [0.1, 0.15) is 21.6 Å². The number of ether oxygens (including phenoxy) is 2. The predicted molar refractivity (Wildman–Crippen MR) is 99.4 cm³/mol. The number of carbonyl (C=O) groups is 1. The van der Waals surface area contributed by atoms with Gasteiger partial charge in [-0.3, -0.25) is 4.79 Å². The number of fused-ring (bicyclic) bond motifs is 1. The summed E-state index contributed by atoms with van der Waals surface area (Å²) >= 11 is 3.39. The molecule has 0 spiro atoms. The molecule has 0 aliphatic heterocycles. The van der Waals surface area contributed by atoms with Gasteiger partial charge in [0.05, 0.1) is 19.8 Å². The van der Waals surface area contributed by atoms with Crippen molar-refractivity contribution >= 4 is 32.7 Å². The third-order valence-corrected chi connectivity index (χ3v) is 4.52. The summed E-state index contributed by atoms with van der Waals surface area (Å²) in [6.07, 6.45) is 0.403. The van der Waals surface area contributed by atoms with Gasteiger partial charge in [-0.05, 0) is 35.9 Å². The maximum atomic E-state index is 12.5. The lowest BCUT2D eigenvalue weighted by Crippen LogP contribution is -2.17. The standard InChI is InChI=1S/C19H16BrNO4/c1-24-13-7-8-14-15(10-13)17(19(23)25-2)16(21-18(14)22)9-11-3-5-12(20)6-4-11/h3-8,10H,9H2,1-2H3,(H,21,22). The highest BCUT2D eigenvalue weighted by molar-refractivity contribution is 9.10. The minimum atomic E-state index is -0.499. The molecule has 6 heteroatoms. The van der Waals surface area contributed by atoms with E-state index in [9.17, 15) is 9.59 Å². The summed E-state index contributed by atoms with van der Waals surface area (Å²) in [7, 11) is 2.86. The first-order valence-electron chi connectivity index (χ1n) is 7.59. The number of H-pyrrole nitrogens is 1. The van der Waals surface area contributed by atoms with Crippen molar-refractivity contribution in [2.75, 3.05) is 14.2 Å². The van der Waals surface area contributed by atoms with Crippen molar-refractivity contribution in [3.63, 3.8) is 0 Å². The molecule has 0 aliphatic carbocycles. The summed E-state index contributed by atoms with van der Waals surface area (Å²) in [5, 5.41) is 0.933. The first kappa shape index (κ1) is 17.2. The molecule has 1 N–H and O–H groups in total. The fourth-order valence-corrected chi connectivity index (χ4v) is 3.02. The van der Waals surface area contributed by atoms with Gasteiger partial charge in [0.2, 0.25) is 0 Å². The second-order valence-corrected chi connectivity index (χ2v) is 6.43. The van der Waals surface area contributed by atoms with Crippen molar-refractivity contribution in [3.05, 3.63) is 74.1 Å². The van der Waals surface area contributed by atoms with Gasteiger partial charge in [-0.15, -0.1) is 0 Å². The molecule has 3 rings (SSSR count). The molecule has 0 unspecified atom stereocenters. The summed E-state index contributed by atoms with van der Waals surface area (Å²) < 4.78 is 11.1. The smallest absolute Gasteiger partial charge is 0.340 e. The maximum absolute atomic E-state index is 12.5. The van der Waals surface area contributed by atoms with Crippen molar-refractivity contribution in [2.24, 2.45) is 0 Å². The molecule has 2 aromatic carbocycles. The van der Waals surface area contributed by atoms with E-state index in [-0.39, 0.29) is 5.56 Å². The van der Waals surface area contributed by atoms with Crippen LogP contribution in [0.3, 0.4) is 0 Å². The predicted octanol–water partition coefficient (Wildman–Crippen LogP) is 3.68. The van der Waals surface area contributed by atoms with Crippen LogP contribution in [0.5, 0.6) is 5.75 Å². The Morgan fingerprint density at radius 2 is 1.80 bits per heavy atom. The SMILES string of the molecule is COC(=O)c1c(Cc2ccc(Br)cc2)[nH]c(=O)c2ccc(OC)cc12. The molecular weight excluding hydrogens is 386 g/mol. The minimum absolute atomic E-state index is 0.252. The zero-order valence-electron chi connectivity index (χ0n) is 13.8. The van der Waals surface area contributed by atoms with E-state index in [1.807, 2.05) is 24.3 Å². The third kappa shape index (κ3) is 3.44. The average Bonchev–Trinajstić information content (AvgIpc) is 2.63. The molecule has 0 saturated heterocycles. The van der Waals surface area contributed by atoms with Crippen LogP contribution in [0.15, 0.2) is 51.7 Å². The Morgan fingerprint density at radius 3 is 2.44 bits per heavy atom. The second-order valence-electron chi connectivity index (χ2n) is 5.51. The highest BCUT2D eigenvalue weighted by Crippen LogP contribution is 2.25. The molecule has 128 valence electrons. The number of aromatic amines is 1. The van der Waals surface area contributed by atoms with Crippen LogP contribution >= 0.6 is 15.9 Å². The fourth-order valence-electron chi connectivity index (χ4n) is 2.76. The molecule has 3 aromatic rings. The number of benzene rings is 2. The van der Waals surface area contributed by atoms with E-state index in [2.05, 4.69) is 20.9 Å². The first-order valence-corrected chi connectivity index (χ1v) is 8.38. The topological polar surface area (TPSA) is 68.4 Å². The van der Waals surface area contributed by atoms with Crippen molar-refractivity contribution < 1.29 is 14.3 Å². The molecule has 0 atom stereocenters. The summed E-state index contributed by atoms with van der Waals surface area (Å²) in [4.78, 5) is 27.7. The van der Waals surface area contributed by atoms with Crippen LogP contribution in [0.4, 0.5) is 0 Å². The van der Waals surface area contributed by atoms with Crippen LogP contribution in [0.25, 0.3) is 10.8 Å². The number of pyridine rings is 1. The lowest BCUT2D eigenvalue weighted by atomic mass is 9.99. The summed E-state index contributed by atoms with van der Waals surface area (Å²) in [5.41, 5.74) is 1.57. The van der Waals surface area contributed by atoms with Crippen molar-refractivity contribution in [3.8, 4) is 5.75 Å². The van der Waals surface area contributed by atoms with Gasteiger partial charge in [-0.1, -0.05) is 28.1 Å². The van der Waals surface area contributed by atoms with Gasteiger partial charge in [0.25, 0.3) is 5.56 Å². The van der Waals surface area contributed by atoms with E-state index in [0.717, 1.165) is 10.0 Å². The van der Waals surface area contributed by atoms with Gasteiger partial charge in [0.15, 0.2) is 0 Å². The molecule has 0 aliphatic rings. The summed E-state index contributed by atoms with van der Waals surface area (Å²) in [6, 6.07) is 12.7. The molecule has 25 heavy (non-hydrogen) atoms. The van der Waals surface area contributed by atoms with Gasteiger partial charge in [0, 0.05) is 27.4 Å². The Hall–Kier alpha value is -2.60. The van der Waals surface area contributed by atoms with Gasteiger partial charge >= 0.3 is 5.97 Å². The number of methoxy groups -OCH3 is 2. The number of nitrogens with one attached hydrogen (secondary N) is 1. The number of carbonyl (C=O) groups excluding carboxylic acids is 1. The number of halogens is 1. The molecule has 1 aromatic heterocycles. The summed E-state index contributed by atoms with van der Waals surface area (Å²) in [6.45, 7) is 0. The van der Waals surface area contributed by atoms with Gasteiger partial charge in [-0.2, -0.15) is 0 Å². The molecule has 0 amide bonds. The lowest BCUT2D eigenvalue weighted by molar-refractivity contribution is 0.0601. The highest BCUT2D eigenvalue weighted by atomic mass is 79.9. The normalized spacial score (nSPS) is 10.7. The Balaban J connectivity index is 2.24. The van der Waals surface area contributed by atoms with E-state index in [1.54, 1.807) is 18.2 Å². The van der Waals surface area contributed by atoms with E-state index in [4.69, 9.17) is 9.47 Å². The zero-order valence-corrected chi connectivity index (χ0v) is 15.3. The largest absolute Gasteiger partial charge is 0.497 e. The monoisotopic (exact) mass is 401 g/mol. The number of hydrogen-bond acceptors (Lipinski definition) is 4. The Kier molecular flexibility index (Phi) is 4.90. The number of esters is 1. The Morgan fingerprint density at radius 1 is 1.08 bits per heavy atom. The second kappa shape index (κ2) is 7.11. The highest BCUT2D eigenvalue weighted by Gasteiger charge is 2.19. The van der Waals surface area contributed by atoms with E-state index in [0.29, 0.717) is 34.2 Å². The van der Waals surface area contributed by atoms with Crippen molar-refractivity contribution in [2.45, 2.75) is 6.42 Å². The van der Waals surface area contributed by atoms with Gasteiger partial charge in [-0.25, -0.2) is 4.79 Å².